The van der Waals surface area contributed by atoms with Gasteiger partial charge < -0.3 is 8.98 Å². The van der Waals surface area contributed by atoms with Gasteiger partial charge >= 0.3 is 0 Å². The molecule has 0 radical (unpaired) electrons. The van der Waals surface area contributed by atoms with Gasteiger partial charge in [-0.1, -0.05) is 147 Å². The van der Waals surface area contributed by atoms with E-state index < -0.39 is 0 Å². The van der Waals surface area contributed by atoms with E-state index >= 15 is 0 Å². The third-order valence-electron chi connectivity index (χ3n) is 12.3. The molecule has 0 saturated carbocycles. The summed E-state index contributed by atoms with van der Waals surface area (Å²) in [5.74, 6) is 1.86. The van der Waals surface area contributed by atoms with Gasteiger partial charge in [0.05, 0.1) is 11.0 Å². The predicted molar refractivity (Wildman–Crippen MR) is 241 cm³/mol. The summed E-state index contributed by atoms with van der Waals surface area (Å²) >= 11 is 0. The van der Waals surface area contributed by atoms with Crippen LogP contribution in [-0.2, 0) is 5.41 Å². The molecule has 5 nitrogen and oxygen atoms in total. The normalized spacial score (nSPS) is 13.1. The Hall–Kier alpha value is -7.63. The topological polar surface area (TPSA) is 56.7 Å². The number of nitrogens with zero attached hydrogens (tertiary/aromatic N) is 4. The van der Waals surface area contributed by atoms with Crippen LogP contribution in [-0.4, -0.2) is 19.5 Å². The van der Waals surface area contributed by atoms with Crippen LogP contribution in [0.3, 0.4) is 0 Å². The zero-order valence-electron chi connectivity index (χ0n) is 32.5. The van der Waals surface area contributed by atoms with Crippen molar-refractivity contribution in [3.63, 3.8) is 0 Å². The van der Waals surface area contributed by atoms with Crippen LogP contribution in [0.1, 0.15) is 25.0 Å². The third kappa shape index (κ3) is 5.21. The van der Waals surface area contributed by atoms with Crippen molar-refractivity contribution in [1.29, 1.82) is 0 Å². The molecule has 0 saturated heterocycles. The fraction of sp³-hybridized carbons (Fsp3) is 0.0556. The van der Waals surface area contributed by atoms with Gasteiger partial charge in [0.2, 0.25) is 0 Å². The van der Waals surface area contributed by atoms with Crippen LogP contribution in [0.2, 0.25) is 0 Å². The van der Waals surface area contributed by atoms with Crippen molar-refractivity contribution in [3.05, 3.63) is 193 Å². The number of furan rings is 1. The van der Waals surface area contributed by atoms with Gasteiger partial charge in [-0.05, 0) is 81.9 Å². The average Bonchev–Trinajstić information content (AvgIpc) is 3.91. The van der Waals surface area contributed by atoms with Gasteiger partial charge in [0, 0.05) is 49.3 Å². The predicted octanol–water partition coefficient (Wildman–Crippen LogP) is 13.8. The molecule has 0 spiro atoms. The lowest BCUT2D eigenvalue weighted by Crippen LogP contribution is -2.15. The zero-order valence-corrected chi connectivity index (χ0v) is 32.5. The Morgan fingerprint density at radius 1 is 0.390 bits per heavy atom. The molecule has 59 heavy (non-hydrogen) atoms. The SMILES string of the molecule is CC1(C)c2ccccc2-c2ccc(-c3nc(-c4ccccc4)nc(-c4ccc5c(c4)oc4ccc(-n6c7ccccc7c7ccc(-c8ccccc8)cc76)cc45)n3)cc21. The van der Waals surface area contributed by atoms with Crippen molar-refractivity contribution in [3.8, 4) is 62.1 Å². The zero-order chi connectivity index (χ0) is 39.2. The van der Waals surface area contributed by atoms with Gasteiger partial charge in [0.1, 0.15) is 11.2 Å². The fourth-order valence-corrected chi connectivity index (χ4v) is 9.30. The third-order valence-corrected chi connectivity index (χ3v) is 12.3. The van der Waals surface area contributed by atoms with E-state index in [1.807, 2.05) is 30.3 Å². The Labute approximate surface area is 340 Å². The summed E-state index contributed by atoms with van der Waals surface area (Å²) in [6, 6.07) is 64.3. The van der Waals surface area contributed by atoms with Gasteiger partial charge in [0.25, 0.3) is 0 Å². The molecule has 1 aliphatic carbocycles. The summed E-state index contributed by atoms with van der Waals surface area (Å²) < 4.78 is 8.97. The highest BCUT2D eigenvalue weighted by Gasteiger charge is 2.35. The first-order valence-electron chi connectivity index (χ1n) is 20.1. The van der Waals surface area contributed by atoms with Crippen molar-refractivity contribution in [2.24, 2.45) is 0 Å². The number of para-hydroxylation sites is 1. The fourth-order valence-electron chi connectivity index (χ4n) is 9.30. The highest BCUT2D eigenvalue weighted by Crippen LogP contribution is 2.49. The second-order valence-corrected chi connectivity index (χ2v) is 16.0. The van der Waals surface area contributed by atoms with Crippen LogP contribution in [0.5, 0.6) is 0 Å². The molecule has 5 heteroatoms. The molecule has 0 amide bonds. The molecule has 1 aliphatic rings. The van der Waals surface area contributed by atoms with Crippen LogP contribution in [0, 0.1) is 0 Å². The van der Waals surface area contributed by atoms with E-state index in [2.05, 4.69) is 170 Å². The Kier molecular flexibility index (Phi) is 7.20. The minimum Gasteiger partial charge on any atom is -0.456 e. The van der Waals surface area contributed by atoms with E-state index in [9.17, 15) is 0 Å². The highest BCUT2D eigenvalue weighted by molar-refractivity contribution is 6.11. The Balaban J connectivity index is 0.985. The summed E-state index contributed by atoms with van der Waals surface area (Å²) in [7, 11) is 0. The van der Waals surface area contributed by atoms with E-state index in [0.717, 1.165) is 44.3 Å². The first-order chi connectivity index (χ1) is 29.0. The van der Waals surface area contributed by atoms with Crippen LogP contribution in [0.25, 0.3) is 106 Å². The summed E-state index contributed by atoms with van der Waals surface area (Å²) in [5.41, 5.74) is 15.2. The maximum atomic E-state index is 6.59. The molecule has 0 N–H and O–H groups in total. The molecule has 12 rings (SSSR count). The molecular formula is C54H36N4O. The lowest BCUT2D eigenvalue weighted by atomic mass is 9.82. The molecule has 3 heterocycles. The Bertz CT molecular complexity index is 3470. The maximum Gasteiger partial charge on any atom is 0.164 e. The molecule has 0 bridgehead atoms. The first-order valence-corrected chi connectivity index (χ1v) is 20.1. The molecule has 0 aliphatic heterocycles. The summed E-state index contributed by atoms with van der Waals surface area (Å²) in [4.78, 5) is 15.3. The quantitative estimate of drug-likeness (QED) is 0.175. The lowest BCUT2D eigenvalue weighted by Gasteiger charge is -2.21. The monoisotopic (exact) mass is 756 g/mol. The number of hydrogen-bond acceptors (Lipinski definition) is 4. The Morgan fingerprint density at radius 3 is 1.81 bits per heavy atom. The summed E-state index contributed by atoms with van der Waals surface area (Å²) in [5, 5.41) is 4.54. The van der Waals surface area contributed by atoms with E-state index in [0.29, 0.717) is 17.5 Å². The van der Waals surface area contributed by atoms with Crippen molar-refractivity contribution in [2.45, 2.75) is 19.3 Å². The van der Waals surface area contributed by atoms with Gasteiger partial charge in [0.15, 0.2) is 17.5 Å². The van der Waals surface area contributed by atoms with Crippen LogP contribution in [0.4, 0.5) is 0 Å². The second kappa shape index (κ2) is 12.7. The smallest absolute Gasteiger partial charge is 0.164 e. The summed E-state index contributed by atoms with van der Waals surface area (Å²) in [6.07, 6.45) is 0. The number of rotatable bonds is 5. The largest absolute Gasteiger partial charge is 0.456 e. The maximum absolute atomic E-state index is 6.59. The second-order valence-electron chi connectivity index (χ2n) is 16.0. The van der Waals surface area contributed by atoms with Crippen LogP contribution >= 0.6 is 0 Å². The first kappa shape index (κ1) is 33.5. The minimum absolute atomic E-state index is 0.140. The Morgan fingerprint density at radius 2 is 1.00 bits per heavy atom. The number of hydrogen-bond donors (Lipinski definition) is 0. The van der Waals surface area contributed by atoms with Crippen molar-refractivity contribution < 1.29 is 4.42 Å². The van der Waals surface area contributed by atoms with Gasteiger partial charge in [-0.2, -0.15) is 0 Å². The molecular weight excluding hydrogens is 721 g/mol. The van der Waals surface area contributed by atoms with Gasteiger partial charge in [-0.25, -0.2) is 15.0 Å². The molecule has 0 fully saturated rings. The summed E-state index contributed by atoms with van der Waals surface area (Å²) in [6.45, 7) is 4.60. The van der Waals surface area contributed by atoms with E-state index in [1.165, 1.54) is 55.2 Å². The van der Waals surface area contributed by atoms with Crippen LogP contribution < -0.4 is 0 Å². The number of fused-ring (bicyclic) bond motifs is 9. The molecule has 0 unspecified atom stereocenters. The van der Waals surface area contributed by atoms with E-state index in [-0.39, 0.29) is 5.41 Å². The van der Waals surface area contributed by atoms with E-state index in [1.54, 1.807) is 0 Å². The van der Waals surface area contributed by atoms with E-state index in [4.69, 9.17) is 19.4 Å². The molecule has 3 aromatic heterocycles. The molecule has 278 valence electrons. The standard InChI is InChI=1S/C54H36N4O/c1-54(2)45-19-11-9-17-39(45)40-25-22-36(29-46(40)54)52-55-51(34-15-7-4-8-16-34)56-53(57-52)37-23-27-43-44-32-38(24-28-49(44)59-50(43)31-37)58-47-20-12-10-18-41(47)42-26-21-35(30-48(42)58)33-13-5-3-6-14-33/h3-32H,1-2H3. The van der Waals surface area contributed by atoms with Gasteiger partial charge in [-0.15, -0.1) is 0 Å². The minimum atomic E-state index is -0.140. The number of aromatic nitrogens is 4. The molecule has 8 aromatic carbocycles. The van der Waals surface area contributed by atoms with Crippen molar-refractivity contribution in [1.82, 2.24) is 19.5 Å². The molecule has 11 aromatic rings. The van der Waals surface area contributed by atoms with Gasteiger partial charge in [-0.3, -0.25) is 0 Å². The van der Waals surface area contributed by atoms with Crippen molar-refractivity contribution >= 4 is 43.7 Å². The molecule has 0 atom stereocenters. The van der Waals surface area contributed by atoms with Crippen LogP contribution in [0.15, 0.2) is 186 Å². The van der Waals surface area contributed by atoms with Crippen molar-refractivity contribution in [2.75, 3.05) is 0 Å². The number of benzene rings is 8. The highest BCUT2D eigenvalue weighted by atomic mass is 16.3. The average molecular weight is 757 g/mol. The lowest BCUT2D eigenvalue weighted by molar-refractivity contribution is 0.660.